The molecule has 1 fully saturated rings. The predicted octanol–water partition coefficient (Wildman–Crippen LogP) is 2.87. The van der Waals surface area contributed by atoms with Gasteiger partial charge in [0.2, 0.25) is 0 Å². The van der Waals surface area contributed by atoms with Crippen molar-refractivity contribution in [1.29, 1.82) is 0 Å². The van der Waals surface area contributed by atoms with Crippen LogP contribution in [0.5, 0.6) is 0 Å². The molecule has 2 rings (SSSR count). The van der Waals surface area contributed by atoms with E-state index in [0.29, 0.717) is 18.9 Å². The van der Waals surface area contributed by atoms with E-state index in [2.05, 4.69) is 0 Å². The zero-order valence-electron chi connectivity index (χ0n) is 8.31. The van der Waals surface area contributed by atoms with Crippen molar-refractivity contribution >= 4 is 0 Å². The Balaban J connectivity index is 2.45. The summed E-state index contributed by atoms with van der Waals surface area (Å²) in [5, 5.41) is 9.09. The lowest BCUT2D eigenvalue weighted by Crippen LogP contribution is -2.14. The van der Waals surface area contributed by atoms with E-state index in [1.165, 1.54) is 0 Å². The van der Waals surface area contributed by atoms with Gasteiger partial charge in [-0.25, -0.2) is 4.39 Å². The SMILES string of the molecule is OCC1(c2cc(F)cc(C(F)(F)F)c2)CC1. The number of rotatable bonds is 2. The van der Waals surface area contributed by atoms with Crippen LogP contribution in [0.15, 0.2) is 18.2 Å². The summed E-state index contributed by atoms with van der Waals surface area (Å²) in [6, 6.07) is 2.46. The van der Waals surface area contributed by atoms with Gasteiger partial charge in [0.05, 0.1) is 12.2 Å². The van der Waals surface area contributed by atoms with Gasteiger partial charge in [-0.2, -0.15) is 13.2 Å². The molecule has 88 valence electrons. The molecule has 1 aromatic rings. The third kappa shape index (κ3) is 1.91. The Labute approximate surface area is 89.7 Å². The second-order valence-corrected chi connectivity index (χ2v) is 4.16. The molecular weight excluding hydrogens is 224 g/mol. The Bertz CT molecular complexity index is 407. The number of aliphatic hydroxyl groups excluding tert-OH is 1. The Morgan fingerprint density at radius 1 is 1.19 bits per heavy atom. The fraction of sp³-hybridized carbons (Fsp3) is 0.455. The lowest BCUT2D eigenvalue weighted by atomic mass is 9.95. The molecule has 1 aromatic carbocycles. The summed E-state index contributed by atoms with van der Waals surface area (Å²) in [5.41, 5.74) is -1.41. The first kappa shape index (κ1) is 11.4. The molecule has 0 heterocycles. The molecule has 5 heteroatoms. The van der Waals surface area contributed by atoms with Crippen molar-refractivity contribution < 1.29 is 22.7 Å². The van der Waals surface area contributed by atoms with Gasteiger partial charge in [-0.1, -0.05) is 0 Å². The first-order valence-corrected chi connectivity index (χ1v) is 4.86. The number of alkyl halides is 3. The van der Waals surface area contributed by atoms with E-state index in [9.17, 15) is 17.6 Å². The minimum atomic E-state index is -4.55. The lowest BCUT2D eigenvalue weighted by molar-refractivity contribution is -0.137. The summed E-state index contributed by atoms with van der Waals surface area (Å²) in [7, 11) is 0. The zero-order valence-corrected chi connectivity index (χ0v) is 8.31. The minimum Gasteiger partial charge on any atom is -0.395 e. The van der Waals surface area contributed by atoms with Gasteiger partial charge in [-0.15, -0.1) is 0 Å². The molecule has 0 saturated heterocycles. The number of halogens is 4. The molecular formula is C11H10F4O. The van der Waals surface area contributed by atoms with Gasteiger partial charge in [0.1, 0.15) is 5.82 Å². The third-order valence-corrected chi connectivity index (χ3v) is 2.99. The molecule has 16 heavy (non-hydrogen) atoms. The van der Waals surface area contributed by atoms with Crippen LogP contribution >= 0.6 is 0 Å². The number of hydrogen-bond donors (Lipinski definition) is 1. The molecule has 0 aromatic heterocycles. The lowest BCUT2D eigenvalue weighted by Gasteiger charge is -2.15. The van der Waals surface area contributed by atoms with Crippen LogP contribution in [0.2, 0.25) is 0 Å². The van der Waals surface area contributed by atoms with Crippen molar-refractivity contribution in [1.82, 2.24) is 0 Å². The summed E-state index contributed by atoms with van der Waals surface area (Å²) < 4.78 is 50.4. The number of aliphatic hydroxyl groups is 1. The molecule has 0 bridgehead atoms. The maximum absolute atomic E-state index is 13.1. The summed E-state index contributed by atoms with van der Waals surface area (Å²) >= 11 is 0. The molecule has 1 saturated carbocycles. The average Bonchev–Trinajstić information content (AvgIpc) is 2.96. The van der Waals surface area contributed by atoms with Crippen LogP contribution in [0, 0.1) is 5.82 Å². The second kappa shape index (κ2) is 3.45. The highest BCUT2D eigenvalue weighted by Gasteiger charge is 2.45. The molecule has 1 nitrogen and oxygen atoms in total. The van der Waals surface area contributed by atoms with E-state index in [0.717, 1.165) is 12.1 Å². The molecule has 0 amide bonds. The largest absolute Gasteiger partial charge is 0.416 e. The second-order valence-electron chi connectivity index (χ2n) is 4.16. The van der Waals surface area contributed by atoms with Crippen LogP contribution < -0.4 is 0 Å². The van der Waals surface area contributed by atoms with E-state index in [4.69, 9.17) is 5.11 Å². The first-order chi connectivity index (χ1) is 7.37. The Morgan fingerprint density at radius 3 is 2.25 bits per heavy atom. The summed E-state index contributed by atoms with van der Waals surface area (Å²) in [5.74, 6) is -0.912. The number of benzene rings is 1. The standard InChI is InChI=1S/C11H10F4O/c12-9-4-7(10(6-16)1-2-10)3-8(5-9)11(13,14)15/h3-5,16H,1-2,6H2. The molecule has 0 atom stereocenters. The van der Waals surface area contributed by atoms with Crippen LogP contribution in [-0.4, -0.2) is 11.7 Å². The number of hydrogen-bond acceptors (Lipinski definition) is 1. The van der Waals surface area contributed by atoms with E-state index in [-0.39, 0.29) is 12.2 Å². The first-order valence-electron chi connectivity index (χ1n) is 4.86. The van der Waals surface area contributed by atoms with Crippen molar-refractivity contribution in [2.45, 2.75) is 24.4 Å². The fourth-order valence-corrected chi connectivity index (χ4v) is 1.75. The Kier molecular flexibility index (Phi) is 2.45. The van der Waals surface area contributed by atoms with Gasteiger partial charge < -0.3 is 5.11 Å². The topological polar surface area (TPSA) is 20.2 Å². The summed E-state index contributed by atoms with van der Waals surface area (Å²) in [6.45, 7) is -0.242. The minimum absolute atomic E-state index is 0.238. The van der Waals surface area contributed by atoms with Crippen molar-refractivity contribution in [3.8, 4) is 0 Å². The van der Waals surface area contributed by atoms with Crippen LogP contribution in [-0.2, 0) is 11.6 Å². The Morgan fingerprint density at radius 2 is 1.81 bits per heavy atom. The molecule has 1 aliphatic rings. The van der Waals surface area contributed by atoms with E-state index in [1.807, 2.05) is 0 Å². The predicted molar refractivity (Wildman–Crippen MR) is 49.4 cm³/mol. The highest BCUT2D eigenvalue weighted by Crippen LogP contribution is 2.48. The average molecular weight is 234 g/mol. The van der Waals surface area contributed by atoms with Gasteiger partial charge >= 0.3 is 6.18 Å². The van der Waals surface area contributed by atoms with Crippen molar-refractivity contribution in [3.05, 3.63) is 35.1 Å². The zero-order chi connectivity index (χ0) is 12.0. The van der Waals surface area contributed by atoms with Crippen molar-refractivity contribution in [2.75, 3.05) is 6.61 Å². The van der Waals surface area contributed by atoms with E-state index in [1.54, 1.807) is 0 Å². The van der Waals surface area contributed by atoms with E-state index >= 15 is 0 Å². The van der Waals surface area contributed by atoms with Crippen LogP contribution in [0.4, 0.5) is 17.6 Å². The quantitative estimate of drug-likeness (QED) is 0.780. The molecule has 0 spiro atoms. The monoisotopic (exact) mass is 234 g/mol. The van der Waals surface area contributed by atoms with E-state index < -0.39 is 23.0 Å². The van der Waals surface area contributed by atoms with Gasteiger partial charge in [0.15, 0.2) is 0 Å². The fourth-order valence-electron chi connectivity index (χ4n) is 1.75. The molecule has 1 N–H and O–H groups in total. The highest BCUT2D eigenvalue weighted by atomic mass is 19.4. The van der Waals surface area contributed by atoms with Gasteiger partial charge in [0, 0.05) is 5.41 Å². The van der Waals surface area contributed by atoms with Gasteiger partial charge in [0.25, 0.3) is 0 Å². The summed E-state index contributed by atoms with van der Waals surface area (Å²) in [6.07, 6.45) is -3.35. The molecule has 0 radical (unpaired) electrons. The third-order valence-electron chi connectivity index (χ3n) is 2.99. The van der Waals surface area contributed by atoms with Crippen LogP contribution in [0.1, 0.15) is 24.0 Å². The van der Waals surface area contributed by atoms with Gasteiger partial charge in [-0.05, 0) is 36.6 Å². The molecule has 1 aliphatic carbocycles. The Hall–Kier alpha value is -1.10. The van der Waals surface area contributed by atoms with Crippen molar-refractivity contribution in [2.24, 2.45) is 0 Å². The normalized spacial score (nSPS) is 18.6. The van der Waals surface area contributed by atoms with Crippen LogP contribution in [0.3, 0.4) is 0 Å². The summed E-state index contributed by atoms with van der Waals surface area (Å²) in [4.78, 5) is 0. The molecule has 0 unspecified atom stereocenters. The highest BCUT2D eigenvalue weighted by molar-refractivity contribution is 5.36. The smallest absolute Gasteiger partial charge is 0.395 e. The van der Waals surface area contributed by atoms with Crippen LogP contribution in [0.25, 0.3) is 0 Å². The molecule has 0 aliphatic heterocycles. The maximum atomic E-state index is 13.1. The maximum Gasteiger partial charge on any atom is 0.416 e. The van der Waals surface area contributed by atoms with Crippen molar-refractivity contribution in [3.63, 3.8) is 0 Å². The van der Waals surface area contributed by atoms with Gasteiger partial charge in [-0.3, -0.25) is 0 Å².